The van der Waals surface area contributed by atoms with E-state index in [-0.39, 0.29) is 18.0 Å². The fourth-order valence-electron chi connectivity index (χ4n) is 3.47. The number of nitrogens with one attached hydrogen (secondary N) is 1. The van der Waals surface area contributed by atoms with Crippen molar-refractivity contribution in [2.45, 2.75) is 25.8 Å². The lowest BCUT2D eigenvalue weighted by Gasteiger charge is -2.16. The molecule has 3 heterocycles. The number of carbonyl (C=O) groups is 1. The second kappa shape index (κ2) is 9.65. The predicted octanol–water partition coefficient (Wildman–Crippen LogP) is 4.22. The number of hydrogen-bond donors (Lipinski definition) is 2. The molecule has 162 valence electrons. The fourth-order valence-corrected chi connectivity index (χ4v) is 4.52. The maximum Gasteiger partial charge on any atom is 0.225 e. The van der Waals surface area contributed by atoms with Crippen LogP contribution in [-0.2, 0) is 17.8 Å². The predicted molar refractivity (Wildman–Crippen MR) is 129 cm³/mol. The minimum Gasteiger partial charge on any atom is -0.387 e. The topological polar surface area (TPSA) is 109 Å². The Hall–Kier alpha value is -3.65. The molecule has 32 heavy (non-hydrogen) atoms. The molecule has 3 aromatic heterocycles. The van der Waals surface area contributed by atoms with Gasteiger partial charge in [-0.2, -0.15) is 0 Å². The number of Topliss-reactive ketones (excluding diaryl/α,β-unsaturated/α-hetero) is 1. The monoisotopic (exact) mass is 444 g/mol. The highest BCUT2D eigenvalue weighted by Gasteiger charge is 2.10. The molecule has 0 saturated carbocycles. The molecule has 1 aromatic carbocycles. The minimum atomic E-state index is -0.0880. The quantitative estimate of drug-likeness (QED) is 0.296. The maximum absolute atomic E-state index is 11.8. The zero-order valence-electron chi connectivity index (χ0n) is 17.8. The first kappa shape index (κ1) is 21.6. The van der Waals surface area contributed by atoms with E-state index in [1.54, 1.807) is 11.3 Å². The maximum atomic E-state index is 11.8. The van der Waals surface area contributed by atoms with Gasteiger partial charge in [0.05, 0.1) is 18.8 Å². The van der Waals surface area contributed by atoms with Crippen LogP contribution in [0.25, 0.3) is 21.3 Å². The summed E-state index contributed by atoms with van der Waals surface area (Å²) in [5.41, 5.74) is 8.28. The number of fused-ring (bicyclic) bond motifs is 1. The molecular formula is C24H24N6OS. The number of hydrogen-bond acceptors (Lipinski definition) is 7. The smallest absolute Gasteiger partial charge is 0.225 e. The summed E-state index contributed by atoms with van der Waals surface area (Å²) in [6.45, 7) is 0.712. The molecule has 0 saturated heterocycles. The SMILES string of the molecule is CN(Cc1cc2cccnc2s1)c1ncc(-c2cccc(CCC(=O)CC(=N)N)c2)cn1. The third kappa shape index (κ3) is 5.33. The molecule has 0 aliphatic carbocycles. The van der Waals surface area contributed by atoms with E-state index in [0.29, 0.717) is 25.3 Å². The molecule has 0 atom stereocenters. The average Bonchev–Trinajstić information content (AvgIpc) is 3.20. The van der Waals surface area contributed by atoms with Gasteiger partial charge in [-0.1, -0.05) is 30.3 Å². The number of nitrogens with zero attached hydrogens (tertiary/aromatic N) is 4. The van der Waals surface area contributed by atoms with Gasteiger partial charge in [0.15, 0.2) is 0 Å². The average molecular weight is 445 g/mol. The number of aromatic nitrogens is 3. The van der Waals surface area contributed by atoms with Crippen molar-refractivity contribution in [1.29, 1.82) is 5.41 Å². The summed E-state index contributed by atoms with van der Waals surface area (Å²) in [5.74, 6) is 0.549. The normalized spacial score (nSPS) is 10.9. The highest BCUT2D eigenvalue weighted by Crippen LogP contribution is 2.26. The van der Waals surface area contributed by atoms with Crippen LogP contribution in [-0.4, -0.2) is 33.6 Å². The van der Waals surface area contributed by atoms with Crippen LogP contribution < -0.4 is 10.6 Å². The summed E-state index contributed by atoms with van der Waals surface area (Å²) >= 11 is 1.68. The summed E-state index contributed by atoms with van der Waals surface area (Å²) in [4.78, 5) is 29.6. The molecule has 0 fully saturated rings. The molecular weight excluding hydrogens is 420 g/mol. The Morgan fingerprint density at radius 1 is 1.09 bits per heavy atom. The minimum absolute atomic E-state index is 0.0144. The van der Waals surface area contributed by atoms with Gasteiger partial charge < -0.3 is 10.6 Å². The van der Waals surface area contributed by atoms with Gasteiger partial charge in [0, 0.05) is 47.9 Å². The summed E-state index contributed by atoms with van der Waals surface area (Å²) in [7, 11) is 1.98. The fraction of sp³-hybridized carbons (Fsp3) is 0.208. The second-order valence-corrected chi connectivity index (χ2v) is 8.79. The van der Waals surface area contributed by atoms with Crippen LogP contribution in [0.3, 0.4) is 0 Å². The van der Waals surface area contributed by atoms with Crippen LogP contribution in [0, 0.1) is 5.41 Å². The van der Waals surface area contributed by atoms with Crippen LogP contribution in [0.4, 0.5) is 5.95 Å². The number of pyridine rings is 1. The van der Waals surface area contributed by atoms with Crippen molar-refractivity contribution in [3.8, 4) is 11.1 Å². The number of anilines is 1. The molecule has 0 spiro atoms. The number of carbonyl (C=O) groups excluding carboxylic acids is 1. The van der Waals surface area contributed by atoms with Crippen molar-refractivity contribution < 1.29 is 4.79 Å². The summed E-state index contributed by atoms with van der Waals surface area (Å²) in [6.07, 6.45) is 6.46. The zero-order valence-corrected chi connectivity index (χ0v) is 18.6. The van der Waals surface area contributed by atoms with Crippen LogP contribution in [0.2, 0.25) is 0 Å². The first-order valence-electron chi connectivity index (χ1n) is 10.3. The Morgan fingerprint density at radius 2 is 1.91 bits per heavy atom. The number of amidine groups is 1. The summed E-state index contributed by atoms with van der Waals surface area (Å²) in [5, 5.41) is 8.38. The highest BCUT2D eigenvalue weighted by molar-refractivity contribution is 7.18. The number of ketones is 1. The molecule has 8 heteroatoms. The second-order valence-electron chi connectivity index (χ2n) is 7.68. The van der Waals surface area contributed by atoms with E-state index in [2.05, 4.69) is 27.1 Å². The number of aryl methyl sites for hydroxylation is 1. The van der Waals surface area contributed by atoms with Gasteiger partial charge in [-0.25, -0.2) is 15.0 Å². The lowest BCUT2D eigenvalue weighted by atomic mass is 10.0. The first-order chi connectivity index (χ1) is 15.5. The van der Waals surface area contributed by atoms with Crippen molar-refractivity contribution in [1.82, 2.24) is 15.0 Å². The zero-order chi connectivity index (χ0) is 22.5. The van der Waals surface area contributed by atoms with Crippen molar-refractivity contribution in [2.75, 3.05) is 11.9 Å². The van der Waals surface area contributed by atoms with Crippen LogP contribution in [0.1, 0.15) is 23.3 Å². The largest absolute Gasteiger partial charge is 0.387 e. The van der Waals surface area contributed by atoms with Gasteiger partial charge in [-0.05, 0) is 29.7 Å². The number of rotatable bonds is 9. The Labute approximate surface area is 190 Å². The van der Waals surface area contributed by atoms with Gasteiger partial charge in [0.25, 0.3) is 0 Å². The molecule has 7 nitrogen and oxygen atoms in total. The van der Waals surface area contributed by atoms with Crippen molar-refractivity contribution in [3.63, 3.8) is 0 Å². The van der Waals surface area contributed by atoms with E-state index in [1.165, 1.54) is 4.88 Å². The number of thiophene rings is 1. The number of nitrogens with two attached hydrogens (primary N) is 1. The van der Waals surface area contributed by atoms with E-state index >= 15 is 0 Å². The van der Waals surface area contributed by atoms with Gasteiger partial charge in [0.1, 0.15) is 10.6 Å². The van der Waals surface area contributed by atoms with Gasteiger partial charge >= 0.3 is 0 Å². The van der Waals surface area contributed by atoms with E-state index in [9.17, 15) is 4.79 Å². The molecule has 0 unspecified atom stereocenters. The number of benzene rings is 1. The molecule has 0 bridgehead atoms. The third-order valence-electron chi connectivity index (χ3n) is 5.06. The van der Waals surface area contributed by atoms with E-state index < -0.39 is 0 Å². The van der Waals surface area contributed by atoms with Gasteiger partial charge in [-0.15, -0.1) is 11.3 Å². The Balaban J connectivity index is 1.41. The Bertz CT molecular complexity index is 1220. The summed E-state index contributed by atoms with van der Waals surface area (Å²) in [6, 6.07) is 14.2. The standard InChI is InChI=1S/C24H24N6OS/c1-30(15-21-11-18-6-3-9-27-23(18)32-21)24-28-13-19(14-29-24)17-5-2-4-16(10-17)7-8-20(31)12-22(25)26/h2-6,9-11,13-14H,7-8,12,15H2,1H3,(H3,25,26). The Kier molecular flexibility index (Phi) is 6.51. The molecule has 4 aromatic rings. The van der Waals surface area contributed by atoms with E-state index in [1.807, 2.05) is 60.9 Å². The Morgan fingerprint density at radius 3 is 2.66 bits per heavy atom. The van der Waals surface area contributed by atoms with Crippen molar-refractivity contribution >= 4 is 39.1 Å². The molecule has 0 radical (unpaired) electrons. The first-order valence-corrected chi connectivity index (χ1v) is 11.1. The van der Waals surface area contributed by atoms with E-state index in [4.69, 9.17) is 11.1 Å². The van der Waals surface area contributed by atoms with Crippen molar-refractivity contribution in [2.24, 2.45) is 5.73 Å². The lowest BCUT2D eigenvalue weighted by Crippen LogP contribution is -2.18. The molecule has 0 amide bonds. The van der Waals surface area contributed by atoms with Crippen LogP contribution in [0.15, 0.2) is 61.1 Å². The van der Waals surface area contributed by atoms with Crippen molar-refractivity contribution in [3.05, 3.63) is 71.5 Å². The van der Waals surface area contributed by atoms with Gasteiger partial charge in [-0.3, -0.25) is 10.2 Å². The molecule has 0 aliphatic heterocycles. The third-order valence-corrected chi connectivity index (χ3v) is 6.10. The summed E-state index contributed by atoms with van der Waals surface area (Å²) < 4.78 is 0. The van der Waals surface area contributed by atoms with Crippen LogP contribution >= 0.6 is 11.3 Å². The lowest BCUT2D eigenvalue weighted by molar-refractivity contribution is -0.117. The molecule has 3 N–H and O–H groups in total. The van der Waals surface area contributed by atoms with Crippen LogP contribution in [0.5, 0.6) is 0 Å². The van der Waals surface area contributed by atoms with E-state index in [0.717, 1.165) is 26.9 Å². The highest BCUT2D eigenvalue weighted by atomic mass is 32.1. The molecule has 0 aliphatic rings. The van der Waals surface area contributed by atoms with Gasteiger partial charge in [0.2, 0.25) is 5.95 Å². The molecule has 4 rings (SSSR count).